The van der Waals surface area contributed by atoms with Gasteiger partial charge in [0.2, 0.25) is 5.82 Å². The van der Waals surface area contributed by atoms with E-state index in [1.807, 2.05) is 47.4 Å². The van der Waals surface area contributed by atoms with E-state index in [4.69, 9.17) is 0 Å². The monoisotopic (exact) mass is 892 g/mol. The minimum absolute atomic E-state index is 0.155. The van der Waals surface area contributed by atoms with Crippen molar-refractivity contribution in [1.29, 1.82) is 0 Å². The van der Waals surface area contributed by atoms with Gasteiger partial charge in [-0.25, -0.2) is 22.0 Å². The van der Waals surface area contributed by atoms with E-state index in [9.17, 15) is 13.2 Å². The predicted octanol–water partition coefficient (Wildman–Crippen LogP) is 16.6. The Kier molecular flexibility index (Phi) is 9.69. The molecule has 10 aromatic carbocycles. The third-order valence-electron chi connectivity index (χ3n) is 13.5. The number of halogens is 5. The smallest absolute Gasteiger partial charge is 0.200 e. The zero-order valence-electron chi connectivity index (χ0n) is 36.1. The minimum Gasteiger partial charge on any atom is -0.310 e. The molecule has 11 aromatic rings. The standard InChI is InChI=1S/C61H37F5N2/c62-56-55(57(63)59(65)60(66)58(56)64)39-26-31-45(32-27-39)67(44-29-24-38(25-30-44)40-28-35-54-50(36-40)49-21-11-13-23-53(49)68(54)43-18-8-3-9-19-43)46-33-34-48-47-20-10-12-22-51(47)61(52(48)37-46,41-14-4-1-5-15-41)42-16-6-2-7-17-42/h1-37H. The van der Waals surface area contributed by atoms with Crippen LogP contribution in [0.5, 0.6) is 0 Å². The number of anilines is 3. The molecule has 1 aromatic heterocycles. The third kappa shape index (κ3) is 6.23. The van der Waals surface area contributed by atoms with E-state index in [0.717, 1.165) is 83.4 Å². The molecule has 0 atom stereocenters. The van der Waals surface area contributed by atoms with Crippen LogP contribution in [0.3, 0.4) is 0 Å². The molecule has 0 saturated heterocycles. The van der Waals surface area contributed by atoms with Crippen molar-refractivity contribution in [3.05, 3.63) is 276 Å². The summed E-state index contributed by atoms with van der Waals surface area (Å²) < 4.78 is 75.6. The summed E-state index contributed by atoms with van der Waals surface area (Å²) >= 11 is 0. The van der Waals surface area contributed by atoms with Gasteiger partial charge in [0.15, 0.2) is 23.3 Å². The predicted molar refractivity (Wildman–Crippen MR) is 263 cm³/mol. The van der Waals surface area contributed by atoms with Gasteiger partial charge in [-0.15, -0.1) is 0 Å². The van der Waals surface area contributed by atoms with Crippen molar-refractivity contribution < 1.29 is 22.0 Å². The van der Waals surface area contributed by atoms with Gasteiger partial charge in [-0.2, -0.15) is 0 Å². The Hall–Kier alpha value is -8.55. The molecule has 0 N–H and O–H groups in total. The number of nitrogens with zero attached hydrogens (tertiary/aromatic N) is 2. The molecule has 2 nitrogen and oxygen atoms in total. The zero-order chi connectivity index (χ0) is 46.1. The van der Waals surface area contributed by atoms with Crippen LogP contribution in [0, 0.1) is 29.1 Å². The van der Waals surface area contributed by atoms with E-state index < -0.39 is 40.1 Å². The lowest BCUT2D eigenvalue weighted by Crippen LogP contribution is -2.28. The number of aromatic nitrogens is 1. The molecule has 0 fully saturated rings. The van der Waals surface area contributed by atoms with E-state index in [1.54, 1.807) is 12.1 Å². The van der Waals surface area contributed by atoms with Crippen LogP contribution in [-0.4, -0.2) is 4.57 Å². The minimum atomic E-state index is -2.20. The highest BCUT2D eigenvalue weighted by atomic mass is 19.2. The van der Waals surface area contributed by atoms with Crippen LogP contribution < -0.4 is 4.90 Å². The molecular formula is C61H37F5N2. The van der Waals surface area contributed by atoms with E-state index in [1.165, 1.54) is 12.1 Å². The highest BCUT2D eigenvalue weighted by Crippen LogP contribution is 2.57. The number of hydrogen-bond donors (Lipinski definition) is 0. The Morgan fingerprint density at radius 1 is 0.338 bits per heavy atom. The second kappa shape index (κ2) is 16.1. The molecule has 0 unspecified atom stereocenters. The molecule has 0 radical (unpaired) electrons. The molecule has 1 heterocycles. The van der Waals surface area contributed by atoms with Gasteiger partial charge in [0.05, 0.1) is 22.0 Å². The lowest BCUT2D eigenvalue weighted by Gasteiger charge is -2.35. The van der Waals surface area contributed by atoms with E-state index >= 15 is 8.78 Å². The fourth-order valence-corrected chi connectivity index (χ4v) is 10.5. The van der Waals surface area contributed by atoms with Crippen molar-refractivity contribution in [2.45, 2.75) is 5.41 Å². The van der Waals surface area contributed by atoms with Crippen molar-refractivity contribution in [2.75, 3.05) is 4.90 Å². The molecular weight excluding hydrogens is 856 g/mol. The van der Waals surface area contributed by atoms with Crippen LogP contribution >= 0.6 is 0 Å². The fraction of sp³-hybridized carbons (Fsp3) is 0.0164. The molecule has 0 amide bonds. The average Bonchev–Trinajstić information content (AvgIpc) is 3.89. The van der Waals surface area contributed by atoms with Crippen LogP contribution in [0.2, 0.25) is 0 Å². The van der Waals surface area contributed by atoms with Crippen LogP contribution in [0.15, 0.2) is 224 Å². The second-order valence-electron chi connectivity index (χ2n) is 17.1. The largest absolute Gasteiger partial charge is 0.310 e. The number of fused-ring (bicyclic) bond motifs is 6. The summed E-state index contributed by atoms with van der Waals surface area (Å²) in [6, 6.07) is 75.4. The first kappa shape index (κ1) is 40.9. The first-order valence-corrected chi connectivity index (χ1v) is 22.3. The van der Waals surface area contributed by atoms with Crippen LogP contribution in [0.1, 0.15) is 22.3 Å². The van der Waals surface area contributed by atoms with Crippen molar-refractivity contribution >= 4 is 38.9 Å². The zero-order valence-corrected chi connectivity index (χ0v) is 36.1. The van der Waals surface area contributed by atoms with Gasteiger partial charge >= 0.3 is 0 Å². The summed E-state index contributed by atoms with van der Waals surface area (Å²) in [7, 11) is 0. The van der Waals surface area contributed by atoms with Crippen molar-refractivity contribution in [2.24, 2.45) is 0 Å². The molecule has 0 bridgehead atoms. The van der Waals surface area contributed by atoms with Crippen LogP contribution in [0.25, 0.3) is 60.9 Å². The molecule has 1 aliphatic carbocycles. The van der Waals surface area contributed by atoms with Crippen molar-refractivity contribution in [3.8, 4) is 39.1 Å². The number of para-hydroxylation sites is 2. The molecule has 0 saturated carbocycles. The van der Waals surface area contributed by atoms with Gasteiger partial charge in [0.1, 0.15) is 0 Å². The first-order chi connectivity index (χ1) is 33.3. The summed E-state index contributed by atoms with van der Waals surface area (Å²) in [4.78, 5) is 2.05. The molecule has 7 heteroatoms. The van der Waals surface area contributed by atoms with E-state index in [2.05, 4.69) is 162 Å². The molecule has 68 heavy (non-hydrogen) atoms. The summed E-state index contributed by atoms with van der Waals surface area (Å²) in [6.45, 7) is 0. The second-order valence-corrected chi connectivity index (χ2v) is 17.1. The molecule has 1 aliphatic rings. The normalized spacial score (nSPS) is 12.6. The molecule has 0 spiro atoms. The highest BCUT2D eigenvalue weighted by molar-refractivity contribution is 6.10. The lowest BCUT2D eigenvalue weighted by molar-refractivity contribution is 0.381. The third-order valence-corrected chi connectivity index (χ3v) is 13.5. The SMILES string of the molecule is Fc1c(F)c(F)c(-c2ccc(N(c3ccc(-c4ccc5c(c4)c4ccccc4n5-c4ccccc4)cc3)c3ccc4c(c3)C(c3ccccc3)(c3ccccc3)c3ccccc3-4)cc2)c(F)c1F. The topological polar surface area (TPSA) is 8.17 Å². The summed E-state index contributed by atoms with van der Waals surface area (Å²) in [5, 5.41) is 2.27. The van der Waals surface area contributed by atoms with Crippen LogP contribution in [0.4, 0.5) is 39.0 Å². The van der Waals surface area contributed by atoms with E-state index in [0.29, 0.717) is 5.69 Å². The quantitative estimate of drug-likeness (QED) is 0.0838. The number of hydrogen-bond acceptors (Lipinski definition) is 1. The molecule has 326 valence electrons. The molecule has 12 rings (SSSR count). The maximum absolute atomic E-state index is 15.2. The summed E-state index contributed by atoms with van der Waals surface area (Å²) in [5.41, 5.74) is 12.3. The van der Waals surface area contributed by atoms with Crippen molar-refractivity contribution in [3.63, 3.8) is 0 Å². The number of benzene rings is 10. The van der Waals surface area contributed by atoms with Crippen molar-refractivity contribution in [1.82, 2.24) is 4.57 Å². The maximum Gasteiger partial charge on any atom is 0.200 e. The first-order valence-electron chi connectivity index (χ1n) is 22.3. The maximum atomic E-state index is 15.2. The van der Waals surface area contributed by atoms with Gasteiger partial charge in [-0.3, -0.25) is 0 Å². The summed E-state index contributed by atoms with van der Waals surface area (Å²) in [5.74, 6) is -9.97. The molecule has 0 aliphatic heterocycles. The Morgan fingerprint density at radius 3 is 1.47 bits per heavy atom. The highest BCUT2D eigenvalue weighted by Gasteiger charge is 2.46. The van der Waals surface area contributed by atoms with Gasteiger partial charge in [-0.05, 0) is 117 Å². The van der Waals surface area contributed by atoms with Gasteiger partial charge < -0.3 is 9.47 Å². The van der Waals surface area contributed by atoms with Gasteiger partial charge in [0, 0.05) is 33.5 Å². The number of rotatable bonds is 8. The fourth-order valence-electron chi connectivity index (χ4n) is 10.5. The van der Waals surface area contributed by atoms with E-state index in [-0.39, 0.29) is 5.56 Å². The Labute approximate surface area is 389 Å². The Bertz CT molecular complexity index is 3650. The Morgan fingerprint density at radius 2 is 0.824 bits per heavy atom. The van der Waals surface area contributed by atoms with Crippen LogP contribution in [-0.2, 0) is 5.41 Å². The van der Waals surface area contributed by atoms with Gasteiger partial charge in [-0.1, -0.05) is 158 Å². The Balaban J connectivity index is 1.03. The van der Waals surface area contributed by atoms with Gasteiger partial charge in [0.25, 0.3) is 0 Å². The summed E-state index contributed by atoms with van der Waals surface area (Å²) in [6.07, 6.45) is 0. The lowest BCUT2D eigenvalue weighted by atomic mass is 9.67. The average molecular weight is 893 g/mol.